The van der Waals surface area contributed by atoms with Gasteiger partial charge in [0, 0.05) is 11.5 Å². The predicted octanol–water partition coefficient (Wildman–Crippen LogP) is 5.41. The fourth-order valence-electron chi connectivity index (χ4n) is 3.01. The minimum absolute atomic E-state index is 0.226. The normalized spacial score (nSPS) is 19.6. The summed E-state index contributed by atoms with van der Waals surface area (Å²) >= 11 is 0. The molecule has 0 amide bonds. The molecular formula is C23H25FO2. The molecule has 2 nitrogen and oxygen atoms in total. The third-order valence-electron chi connectivity index (χ3n) is 4.58. The van der Waals surface area contributed by atoms with Crippen LogP contribution in [0, 0.1) is 23.6 Å². The molecule has 1 aliphatic rings. The van der Waals surface area contributed by atoms with E-state index in [-0.39, 0.29) is 5.82 Å². The van der Waals surface area contributed by atoms with E-state index in [4.69, 9.17) is 9.47 Å². The topological polar surface area (TPSA) is 18.5 Å². The van der Waals surface area contributed by atoms with Crippen molar-refractivity contribution in [2.45, 2.75) is 38.9 Å². The molecule has 26 heavy (non-hydrogen) atoms. The van der Waals surface area contributed by atoms with Gasteiger partial charge < -0.3 is 9.47 Å². The molecule has 0 aliphatic carbocycles. The molecule has 0 radical (unpaired) electrons. The first-order chi connectivity index (χ1) is 12.7. The van der Waals surface area contributed by atoms with E-state index in [0.29, 0.717) is 5.92 Å². The Hall–Kier alpha value is -2.15. The molecule has 136 valence electrons. The number of hydrogen-bond acceptors (Lipinski definition) is 2. The summed E-state index contributed by atoms with van der Waals surface area (Å²) in [6, 6.07) is 14.4. The molecule has 1 saturated heterocycles. The van der Waals surface area contributed by atoms with Gasteiger partial charge in [-0.1, -0.05) is 56.4 Å². The average Bonchev–Trinajstić information content (AvgIpc) is 2.69. The van der Waals surface area contributed by atoms with Gasteiger partial charge in [-0.15, -0.1) is 0 Å². The van der Waals surface area contributed by atoms with Crippen LogP contribution in [0.5, 0.6) is 0 Å². The highest BCUT2D eigenvalue weighted by atomic mass is 19.1. The summed E-state index contributed by atoms with van der Waals surface area (Å²) < 4.78 is 24.4. The fraction of sp³-hybridized carbons (Fsp3) is 0.391. The molecule has 3 rings (SSSR count). The lowest BCUT2D eigenvalue weighted by molar-refractivity contribution is -0.170. The second-order valence-corrected chi connectivity index (χ2v) is 6.71. The van der Waals surface area contributed by atoms with Gasteiger partial charge in [-0.2, -0.15) is 0 Å². The summed E-state index contributed by atoms with van der Waals surface area (Å²) in [5.41, 5.74) is 2.93. The van der Waals surface area contributed by atoms with Crippen molar-refractivity contribution >= 4 is 0 Å². The molecule has 0 N–H and O–H groups in total. The molecule has 0 bridgehead atoms. The van der Waals surface area contributed by atoms with Crippen LogP contribution in [0.3, 0.4) is 0 Å². The summed E-state index contributed by atoms with van der Waals surface area (Å²) in [6.07, 6.45) is 4.48. The second-order valence-electron chi connectivity index (χ2n) is 6.71. The molecule has 2 aromatic carbocycles. The standard InChI is InChI=1S/C23H25FO2/c1-2-3-4-5-19-16-25-23(26-17-19)15-8-18-6-9-20(10-7-18)21-11-13-22(24)14-12-21/h6-7,9-14,19,23H,2-5,16-17H2,1H3/t19-,23-. The maximum absolute atomic E-state index is 13.0. The van der Waals surface area contributed by atoms with Crippen LogP contribution in [0.4, 0.5) is 4.39 Å². The van der Waals surface area contributed by atoms with E-state index in [1.54, 1.807) is 12.1 Å². The van der Waals surface area contributed by atoms with Crippen LogP contribution in [-0.4, -0.2) is 19.5 Å². The molecule has 3 heteroatoms. The van der Waals surface area contributed by atoms with Crippen LogP contribution < -0.4 is 0 Å². The Kier molecular flexibility index (Phi) is 6.82. The number of ether oxygens (including phenoxy) is 2. The van der Waals surface area contributed by atoms with Crippen molar-refractivity contribution in [2.24, 2.45) is 5.92 Å². The zero-order valence-corrected chi connectivity index (χ0v) is 15.2. The highest BCUT2D eigenvalue weighted by molar-refractivity contribution is 5.64. The first-order valence-electron chi connectivity index (χ1n) is 9.35. The predicted molar refractivity (Wildman–Crippen MR) is 102 cm³/mol. The maximum atomic E-state index is 13.0. The van der Waals surface area contributed by atoms with Crippen LogP contribution in [0.25, 0.3) is 11.1 Å². The Morgan fingerprint density at radius 2 is 1.54 bits per heavy atom. The van der Waals surface area contributed by atoms with Gasteiger partial charge in [-0.3, -0.25) is 0 Å². The van der Waals surface area contributed by atoms with E-state index in [2.05, 4.69) is 18.8 Å². The highest BCUT2D eigenvalue weighted by Crippen LogP contribution is 2.20. The third-order valence-corrected chi connectivity index (χ3v) is 4.58. The molecular weight excluding hydrogens is 327 g/mol. The molecule has 0 atom stereocenters. The molecule has 1 heterocycles. The zero-order valence-electron chi connectivity index (χ0n) is 15.2. The smallest absolute Gasteiger partial charge is 0.222 e. The van der Waals surface area contributed by atoms with E-state index in [1.165, 1.54) is 37.8 Å². The number of benzene rings is 2. The van der Waals surface area contributed by atoms with Crippen molar-refractivity contribution < 1.29 is 13.9 Å². The minimum Gasteiger partial charge on any atom is -0.342 e. The molecule has 2 aromatic rings. The second kappa shape index (κ2) is 9.52. The molecule has 0 aromatic heterocycles. The Morgan fingerprint density at radius 3 is 2.15 bits per heavy atom. The number of rotatable bonds is 5. The van der Waals surface area contributed by atoms with Gasteiger partial charge in [-0.25, -0.2) is 4.39 Å². The van der Waals surface area contributed by atoms with Crippen molar-refractivity contribution in [1.29, 1.82) is 0 Å². The van der Waals surface area contributed by atoms with E-state index in [9.17, 15) is 4.39 Å². The van der Waals surface area contributed by atoms with E-state index >= 15 is 0 Å². The average molecular weight is 352 g/mol. The lowest BCUT2D eigenvalue weighted by atomic mass is 10.0. The van der Waals surface area contributed by atoms with Crippen LogP contribution >= 0.6 is 0 Å². The van der Waals surface area contributed by atoms with Crippen LogP contribution in [0.2, 0.25) is 0 Å². The lowest BCUT2D eigenvalue weighted by Crippen LogP contribution is -2.31. The summed E-state index contributed by atoms with van der Waals surface area (Å²) in [5, 5.41) is 0. The molecule has 0 spiro atoms. The Labute approximate surface area is 155 Å². The summed E-state index contributed by atoms with van der Waals surface area (Å²) in [4.78, 5) is 0. The number of hydrogen-bond donors (Lipinski definition) is 0. The maximum Gasteiger partial charge on any atom is 0.222 e. The largest absolute Gasteiger partial charge is 0.342 e. The lowest BCUT2D eigenvalue weighted by Gasteiger charge is -2.26. The number of halogens is 1. The zero-order chi connectivity index (χ0) is 18.2. The molecule has 1 fully saturated rings. The molecule has 1 aliphatic heterocycles. The summed E-state index contributed by atoms with van der Waals surface area (Å²) in [6.45, 7) is 3.67. The van der Waals surface area contributed by atoms with E-state index in [1.807, 2.05) is 24.3 Å². The van der Waals surface area contributed by atoms with E-state index < -0.39 is 6.29 Å². The monoisotopic (exact) mass is 352 g/mol. The Balaban J connectivity index is 1.52. The van der Waals surface area contributed by atoms with Crippen molar-refractivity contribution in [1.82, 2.24) is 0 Å². The summed E-state index contributed by atoms with van der Waals surface area (Å²) in [7, 11) is 0. The Morgan fingerprint density at radius 1 is 0.923 bits per heavy atom. The van der Waals surface area contributed by atoms with Gasteiger partial charge in [0.05, 0.1) is 13.2 Å². The van der Waals surface area contributed by atoms with Gasteiger partial charge in [-0.05, 0) is 47.7 Å². The number of unbranched alkanes of at least 4 members (excludes halogenated alkanes) is 2. The van der Waals surface area contributed by atoms with Gasteiger partial charge in [0.1, 0.15) is 5.82 Å². The minimum atomic E-state index is -0.436. The summed E-state index contributed by atoms with van der Waals surface area (Å²) in [5.74, 6) is 6.43. The van der Waals surface area contributed by atoms with Crippen molar-refractivity contribution in [3.8, 4) is 23.0 Å². The quantitative estimate of drug-likeness (QED) is 0.529. The van der Waals surface area contributed by atoms with Crippen molar-refractivity contribution in [3.63, 3.8) is 0 Å². The van der Waals surface area contributed by atoms with E-state index in [0.717, 1.165) is 29.9 Å². The van der Waals surface area contributed by atoms with Gasteiger partial charge >= 0.3 is 0 Å². The fourth-order valence-corrected chi connectivity index (χ4v) is 3.01. The SMILES string of the molecule is CCCCC[C@H]1CO[C@H](C#Cc2ccc(-c3ccc(F)cc3)cc2)OC1. The van der Waals surface area contributed by atoms with Gasteiger partial charge in [0.15, 0.2) is 0 Å². The van der Waals surface area contributed by atoms with Crippen LogP contribution in [-0.2, 0) is 9.47 Å². The van der Waals surface area contributed by atoms with Crippen molar-refractivity contribution in [2.75, 3.05) is 13.2 Å². The highest BCUT2D eigenvalue weighted by Gasteiger charge is 2.20. The van der Waals surface area contributed by atoms with Crippen LogP contribution in [0.15, 0.2) is 48.5 Å². The van der Waals surface area contributed by atoms with Gasteiger partial charge in [0.2, 0.25) is 6.29 Å². The third kappa shape index (κ3) is 5.42. The van der Waals surface area contributed by atoms with Crippen LogP contribution in [0.1, 0.15) is 38.2 Å². The van der Waals surface area contributed by atoms with Gasteiger partial charge in [0.25, 0.3) is 0 Å². The van der Waals surface area contributed by atoms with Crippen molar-refractivity contribution in [3.05, 3.63) is 59.9 Å². The molecule has 0 unspecified atom stereocenters. The molecule has 0 saturated carbocycles. The Bertz CT molecular complexity index is 733. The first-order valence-corrected chi connectivity index (χ1v) is 9.35. The first kappa shape index (κ1) is 18.6.